The lowest BCUT2D eigenvalue weighted by Crippen LogP contribution is -2.58. The van der Waals surface area contributed by atoms with Crippen molar-refractivity contribution in [1.29, 1.82) is 0 Å². The first-order chi connectivity index (χ1) is 20.8. The third-order valence-electron chi connectivity index (χ3n) is 7.63. The van der Waals surface area contributed by atoms with Crippen LogP contribution in [0.15, 0.2) is 59.5 Å². The van der Waals surface area contributed by atoms with E-state index in [4.69, 9.17) is 4.84 Å². The van der Waals surface area contributed by atoms with Gasteiger partial charge in [0, 0.05) is 31.5 Å². The Labute approximate surface area is 260 Å². The number of nitrogens with zero attached hydrogens (tertiary/aromatic N) is 1. The summed E-state index contributed by atoms with van der Waals surface area (Å²) in [5.41, 5.74) is 2.70. The van der Waals surface area contributed by atoms with Gasteiger partial charge in [0.1, 0.15) is 11.9 Å². The molecule has 0 unspecified atom stereocenters. The van der Waals surface area contributed by atoms with Crippen LogP contribution < -0.4 is 15.5 Å². The number of nitrogens with one attached hydrogen (secondary N) is 3. The normalized spacial score (nSPS) is 15.8. The van der Waals surface area contributed by atoms with Gasteiger partial charge in [0.2, 0.25) is 27.7 Å². The Morgan fingerprint density at radius 1 is 1.02 bits per heavy atom. The molecule has 1 saturated heterocycles. The highest BCUT2D eigenvalue weighted by Gasteiger charge is 2.38. The average molecular weight is 633 g/mol. The highest BCUT2D eigenvalue weighted by molar-refractivity contribution is 7.89. The standard InChI is InChI=1S/C32H45FN4O6S/c1-5-6-12-24(21-28(38)35-43-22-23-10-8-7-9-11-23)30(39)34-29(32(2,3)4)31(40)37-19-17-26(18-20-37)36-44(41,42)27-15-13-25(33)14-16-27/h7-11,13-16,24,26,29,36H,5-6,12,17-22H2,1-4H3,(H,34,39)(H,35,38)/t24-,29-/m0/s1. The first-order valence-electron chi connectivity index (χ1n) is 15.1. The third-order valence-corrected chi connectivity index (χ3v) is 9.16. The molecule has 0 radical (unpaired) electrons. The quantitative estimate of drug-likeness (QED) is 0.269. The molecular formula is C32H45FN4O6S. The zero-order valence-corrected chi connectivity index (χ0v) is 26.8. The van der Waals surface area contributed by atoms with Gasteiger partial charge in [-0.3, -0.25) is 19.2 Å². The number of carbonyl (C=O) groups is 3. The smallest absolute Gasteiger partial charge is 0.245 e. The number of hydroxylamine groups is 1. The molecule has 2 atom stereocenters. The van der Waals surface area contributed by atoms with E-state index in [0.717, 1.165) is 30.5 Å². The zero-order valence-electron chi connectivity index (χ0n) is 26.0. The summed E-state index contributed by atoms with van der Waals surface area (Å²) in [4.78, 5) is 46.8. The first kappa shape index (κ1) is 35.1. The van der Waals surface area contributed by atoms with Crippen LogP contribution in [0.5, 0.6) is 0 Å². The lowest BCUT2D eigenvalue weighted by Gasteiger charge is -2.38. The molecule has 0 spiro atoms. The number of piperidine rings is 1. The maximum Gasteiger partial charge on any atom is 0.245 e. The lowest BCUT2D eigenvalue weighted by molar-refractivity contribution is -0.143. The van der Waals surface area contributed by atoms with Crippen LogP contribution >= 0.6 is 0 Å². The number of halogens is 1. The van der Waals surface area contributed by atoms with E-state index in [1.165, 1.54) is 12.1 Å². The van der Waals surface area contributed by atoms with Crippen LogP contribution in [0.1, 0.15) is 71.8 Å². The second kappa shape index (κ2) is 16.1. The number of unbranched alkanes of at least 4 members (excludes halogenated alkanes) is 1. The van der Waals surface area contributed by atoms with Gasteiger partial charge in [0.25, 0.3) is 0 Å². The van der Waals surface area contributed by atoms with Gasteiger partial charge in [-0.1, -0.05) is 70.9 Å². The first-order valence-corrected chi connectivity index (χ1v) is 16.6. The van der Waals surface area contributed by atoms with Gasteiger partial charge >= 0.3 is 0 Å². The Balaban J connectivity index is 1.58. The fraction of sp³-hybridized carbons (Fsp3) is 0.531. The summed E-state index contributed by atoms with van der Waals surface area (Å²) in [6.07, 6.45) is 2.77. The minimum atomic E-state index is -3.84. The van der Waals surface area contributed by atoms with Gasteiger partial charge in [-0.05, 0) is 54.5 Å². The van der Waals surface area contributed by atoms with E-state index >= 15 is 0 Å². The molecule has 0 aromatic heterocycles. The number of likely N-dealkylation sites (tertiary alicyclic amines) is 1. The van der Waals surface area contributed by atoms with Crippen LogP contribution in [0.2, 0.25) is 0 Å². The Morgan fingerprint density at radius 3 is 2.25 bits per heavy atom. The molecule has 2 aromatic rings. The molecule has 44 heavy (non-hydrogen) atoms. The molecule has 0 bridgehead atoms. The van der Waals surface area contributed by atoms with Crippen molar-refractivity contribution in [3.05, 3.63) is 66.0 Å². The maximum atomic E-state index is 13.7. The van der Waals surface area contributed by atoms with Crippen molar-refractivity contribution in [2.75, 3.05) is 13.1 Å². The molecule has 0 aliphatic carbocycles. The molecule has 12 heteroatoms. The number of amides is 3. The van der Waals surface area contributed by atoms with Crippen LogP contribution in [0.25, 0.3) is 0 Å². The molecule has 1 heterocycles. The fourth-order valence-corrected chi connectivity index (χ4v) is 6.33. The number of sulfonamides is 1. The van der Waals surface area contributed by atoms with Crippen molar-refractivity contribution in [2.45, 2.75) is 89.8 Å². The van der Waals surface area contributed by atoms with Crippen molar-refractivity contribution in [3.63, 3.8) is 0 Å². The largest absolute Gasteiger partial charge is 0.344 e. The van der Waals surface area contributed by atoms with Gasteiger partial charge < -0.3 is 10.2 Å². The monoisotopic (exact) mass is 632 g/mol. The molecule has 1 aliphatic heterocycles. The van der Waals surface area contributed by atoms with Crippen LogP contribution in [-0.4, -0.2) is 56.2 Å². The average Bonchev–Trinajstić information content (AvgIpc) is 2.98. The minimum absolute atomic E-state index is 0.0259. The minimum Gasteiger partial charge on any atom is -0.344 e. The predicted octanol–water partition coefficient (Wildman–Crippen LogP) is 4.07. The molecule has 1 fully saturated rings. The lowest BCUT2D eigenvalue weighted by atomic mass is 9.84. The van der Waals surface area contributed by atoms with Crippen LogP contribution in [0, 0.1) is 17.2 Å². The molecule has 242 valence electrons. The summed E-state index contributed by atoms with van der Waals surface area (Å²) >= 11 is 0. The molecule has 3 rings (SSSR count). The van der Waals surface area contributed by atoms with E-state index in [1.54, 1.807) is 4.90 Å². The van der Waals surface area contributed by atoms with E-state index in [2.05, 4.69) is 15.5 Å². The summed E-state index contributed by atoms with van der Waals surface area (Å²) in [5, 5.41) is 2.93. The predicted molar refractivity (Wildman–Crippen MR) is 165 cm³/mol. The van der Waals surface area contributed by atoms with E-state index in [-0.39, 0.29) is 29.7 Å². The summed E-state index contributed by atoms with van der Waals surface area (Å²) in [5.74, 6) is -2.20. The van der Waals surface area contributed by atoms with Gasteiger partial charge in [-0.25, -0.2) is 23.0 Å². The molecular weight excluding hydrogens is 587 g/mol. The van der Waals surface area contributed by atoms with Gasteiger partial charge in [-0.15, -0.1) is 0 Å². The van der Waals surface area contributed by atoms with Crippen molar-refractivity contribution in [3.8, 4) is 0 Å². The van der Waals surface area contributed by atoms with Crippen LogP contribution in [0.3, 0.4) is 0 Å². The third kappa shape index (κ3) is 10.7. The van der Waals surface area contributed by atoms with Crippen LogP contribution in [0.4, 0.5) is 4.39 Å². The van der Waals surface area contributed by atoms with Crippen LogP contribution in [-0.2, 0) is 35.9 Å². The van der Waals surface area contributed by atoms with E-state index < -0.39 is 45.2 Å². The highest BCUT2D eigenvalue weighted by Crippen LogP contribution is 2.25. The topological polar surface area (TPSA) is 134 Å². The van der Waals surface area contributed by atoms with E-state index in [1.807, 2.05) is 58.0 Å². The second-order valence-electron chi connectivity index (χ2n) is 12.3. The summed E-state index contributed by atoms with van der Waals surface area (Å²) in [7, 11) is -3.84. The summed E-state index contributed by atoms with van der Waals surface area (Å²) in [6, 6.07) is 12.8. The Bertz CT molecular complexity index is 1340. The number of carbonyl (C=O) groups excluding carboxylic acids is 3. The molecule has 10 nitrogen and oxygen atoms in total. The summed E-state index contributed by atoms with van der Waals surface area (Å²) in [6.45, 7) is 8.41. The summed E-state index contributed by atoms with van der Waals surface area (Å²) < 4.78 is 41.3. The van der Waals surface area contributed by atoms with E-state index in [9.17, 15) is 27.2 Å². The number of hydrogen-bond acceptors (Lipinski definition) is 6. The molecule has 0 saturated carbocycles. The SMILES string of the molecule is CCCC[C@@H](CC(=O)NOCc1ccccc1)C(=O)N[C@@H](C(=O)N1CCC(NS(=O)(=O)c2ccc(F)cc2)CC1)C(C)(C)C. The molecule has 1 aliphatic rings. The van der Waals surface area contributed by atoms with Gasteiger partial charge in [0.05, 0.1) is 11.5 Å². The van der Waals surface area contributed by atoms with Crippen molar-refractivity contribution < 1.29 is 32.0 Å². The van der Waals surface area contributed by atoms with Crippen molar-refractivity contribution in [1.82, 2.24) is 20.4 Å². The molecule has 3 N–H and O–H groups in total. The Hall–Kier alpha value is -3.35. The fourth-order valence-electron chi connectivity index (χ4n) is 5.03. The second-order valence-corrected chi connectivity index (χ2v) is 14.0. The molecule has 3 amide bonds. The Kier molecular flexibility index (Phi) is 12.9. The highest BCUT2D eigenvalue weighted by atomic mass is 32.2. The van der Waals surface area contributed by atoms with Crippen molar-refractivity contribution >= 4 is 27.7 Å². The van der Waals surface area contributed by atoms with Gasteiger partial charge in [-0.2, -0.15) is 0 Å². The van der Waals surface area contributed by atoms with Gasteiger partial charge in [0.15, 0.2) is 0 Å². The number of hydrogen-bond donors (Lipinski definition) is 3. The van der Waals surface area contributed by atoms with Crippen molar-refractivity contribution in [2.24, 2.45) is 11.3 Å². The number of benzene rings is 2. The zero-order chi connectivity index (χ0) is 32.3. The Morgan fingerprint density at radius 2 is 1.66 bits per heavy atom. The number of rotatable bonds is 14. The maximum absolute atomic E-state index is 13.7. The molecule has 2 aromatic carbocycles. The van der Waals surface area contributed by atoms with E-state index in [0.29, 0.717) is 32.4 Å².